The van der Waals surface area contributed by atoms with E-state index in [0.717, 1.165) is 4.90 Å². The average molecular weight is 366 g/mol. The molecule has 2 N–H and O–H groups in total. The number of nitrogens with zero attached hydrogens (tertiary/aromatic N) is 1. The number of imide groups is 1. The van der Waals surface area contributed by atoms with Crippen LogP contribution in [0.5, 0.6) is 0 Å². The first-order chi connectivity index (χ1) is 12.8. The highest BCUT2D eigenvalue weighted by Gasteiger charge is 2.39. The van der Waals surface area contributed by atoms with E-state index in [9.17, 15) is 19.2 Å². The smallest absolute Gasteiger partial charge is 0.307 e. The minimum absolute atomic E-state index is 0.0180. The number of Topliss-reactive ketones (excluding diaryl/α,β-unsaturated/α-hetero) is 1. The average Bonchev–Trinajstić information content (AvgIpc) is 2.90. The Bertz CT molecular complexity index is 903. The molecule has 27 heavy (non-hydrogen) atoms. The van der Waals surface area contributed by atoms with E-state index in [2.05, 4.69) is 5.32 Å². The lowest BCUT2D eigenvalue weighted by Crippen LogP contribution is -2.34. The number of hydrogen-bond acceptors (Lipinski definition) is 5. The lowest BCUT2D eigenvalue weighted by Gasteiger charge is -2.16. The van der Waals surface area contributed by atoms with Crippen LogP contribution in [0.1, 0.15) is 29.3 Å². The molecule has 1 saturated heterocycles. The summed E-state index contributed by atoms with van der Waals surface area (Å²) in [6.07, 6.45) is -0.0602. The normalized spacial score (nSPS) is 16.5. The predicted octanol–water partition coefficient (Wildman–Crippen LogP) is 2.26. The fraction of sp³-hybridized carbons (Fsp3) is 0.200. The van der Waals surface area contributed by atoms with Gasteiger partial charge in [0.1, 0.15) is 6.04 Å². The van der Waals surface area contributed by atoms with Crippen molar-refractivity contribution in [3.05, 3.63) is 59.7 Å². The third-order valence-electron chi connectivity index (χ3n) is 4.33. The van der Waals surface area contributed by atoms with Gasteiger partial charge in [0, 0.05) is 11.3 Å². The van der Waals surface area contributed by atoms with Crippen molar-refractivity contribution in [2.24, 2.45) is 0 Å². The number of ketones is 1. The molecule has 1 unspecified atom stereocenters. The standard InChI is InChI=1S/C20H18N2O5/c1-12(23)14-4-8-16(9-5-14)22-18(24)11-17(20(22)27)21-15-6-2-13(3-7-15)10-19(25)26/h2-9,17,21H,10-11H2,1H3,(H,25,26). The van der Waals surface area contributed by atoms with Gasteiger partial charge in [0.05, 0.1) is 18.5 Å². The Morgan fingerprint density at radius 2 is 1.70 bits per heavy atom. The summed E-state index contributed by atoms with van der Waals surface area (Å²) in [5.41, 5.74) is 2.21. The maximum Gasteiger partial charge on any atom is 0.307 e. The van der Waals surface area contributed by atoms with Crippen LogP contribution in [-0.2, 0) is 20.8 Å². The third-order valence-corrected chi connectivity index (χ3v) is 4.33. The number of nitrogens with one attached hydrogen (secondary N) is 1. The topological polar surface area (TPSA) is 104 Å². The van der Waals surface area contributed by atoms with Gasteiger partial charge in [-0.25, -0.2) is 4.90 Å². The van der Waals surface area contributed by atoms with Crippen LogP contribution in [0.3, 0.4) is 0 Å². The first kappa shape index (κ1) is 18.3. The molecule has 7 nitrogen and oxygen atoms in total. The minimum atomic E-state index is -0.918. The highest BCUT2D eigenvalue weighted by atomic mass is 16.4. The van der Waals surface area contributed by atoms with E-state index in [-0.39, 0.29) is 30.4 Å². The number of carboxylic acid groups (broad SMARTS) is 1. The van der Waals surface area contributed by atoms with Gasteiger partial charge < -0.3 is 10.4 Å². The van der Waals surface area contributed by atoms with Gasteiger partial charge in [-0.1, -0.05) is 12.1 Å². The van der Waals surface area contributed by atoms with Gasteiger partial charge in [-0.3, -0.25) is 19.2 Å². The van der Waals surface area contributed by atoms with Crippen LogP contribution in [0.4, 0.5) is 11.4 Å². The Morgan fingerprint density at radius 1 is 1.07 bits per heavy atom. The maximum atomic E-state index is 12.6. The molecular formula is C20H18N2O5. The van der Waals surface area contributed by atoms with Crippen LogP contribution in [0.15, 0.2) is 48.5 Å². The zero-order valence-corrected chi connectivity index (χ0v) is 14.6. The Hall–Kier alpha value is -3.48. The number of carbonyl (C=O) groups is 4. The highest BCUT2D eigenvalue weighted by Crippen LogP contribution is 2.25. The van der Waals surface area contributed by atoms with Crippen LogP contribution in [0.25, 0.3) is 0 Å². The number of hydrogen-bond donors (Lipinski definition) is 2. The van der Waals surface area contributed by atoms with Crippen molar-refractivity contribution in [2.45, 2.75) is 25.8 Å². The zero-order chi connectivity index (χ0) is 19.6. The molecule has 0 bridgehead atoms. The summed E-state index contributed by atoms with van der Waals surface area (Å²) in [5.74, 6) is -1.70. The largest absolute Gasteiger partial charge is 0.481 e. The lowest BCUT2D eigenvalue weighted by molar-refractivity contribution is -0.136. The molecule has 0 aliphatic carbocycles. The van der Waals surface area contributed by atoms with Crippen molar-refractivity contribution >= 4 is 34.9 Å². The fourth-order valence-electron chi connectivity index (χ4n) is 2.96. The number of rotatable bonds is 6. The number of benzene rings is 2. The van der Waals surface area contributed by atoms with E-state index in [1.165, 1.54) is 6.92 Å². The van der Waals surface area contributed by atoms with Crippen molar-refractivity contribution in [1.29, 1.82) is 0 Å². The van der Waals surface area contributed by atoms with E-state index >= 15 is 0 Å². The van der Waals surface area contributed by atoms with E-state index in [1.54, 1.807) is 48.5 Å². The molecule has 138 valence electrons. The molecule has 2 aromatic rings. The van der Waals surface area contributed by atoms with Gasteiger partial charge in [0.25, 0.3) is 5.91 Å². The first-order valence-corrected chi connectivity index (χ1v) is 8.40. The number of aliphatic carboxylic acids is 1. The van der Waals surface area contributed by atoms with Gasteiger partial charge in [-0.05, 0) is 48.9 Å². The second kappa shape index (κ2) is 7.41. The molecule has 1 aliphatic rings. The molecule has 0 spiro atoms. The summed E-state index contributed by atoms with van der Waals surface area (Å²) in [5, 5.41) is 11.8. The first-order valence-electron chi connectivity index (χ1n) is 8.40. The Balaban J connectivity index is 1.72. The maximum absolute atomic E-state index is 12.6. The van der Waals surface area contributed by atoms with Gasteiger partial charge in [0.2, 0.25) is 5.91 Å². The molecule has 0 saturated carbocycles. The molecule has 0 aromatic heterocycles. The fourth-order valence-corrected chi connectivity index (χ4v) is 2.96. The zero-order valence-electron chi connectivity index (χ0n) is 14.6. The van der Waals surface area contributed by atoms with Crippen LogP contribution in [0.2, 0.25) is 0 Å². The molecular weight excluding hydrogens is 348 g/mol. The monoisotopic (exact) mass is 366 g/mol. The van der Waals surface area contributed by atoms with Crippen molar-refractivity contribution in [3.63, 3.8) is 0 Å². The molecule has 2 amide bonds. The summed E-state index contributed by atoms with van der Waals surface area (Å²) in [7, 11) is 0. The SMILES string of the molecule is CC(=O)c1ccc(N2C(=O)CC(Nc3ccc(CC(=O)O)cc3)C2=O)cc1. The second-order valence-corrected chi connectivity index (χ2v) is 6.34. The number of carboxylic acids is 1. The molecule has 1 heterocycles. The summed E-state index contributed by atoms with van der Waals surface area (Å²) in [6, 6.07) is 12.3. The van der Waals surface area contributed by atoms with E-state index in [1.807, 2.05) is 0 Å². The number of amides is 2. The van der Waals surface area contributed by atoms with Gasteiger partial charge in [-0.15, -0.1) is 0 Å². The van der Waals surface area contributed by atoms with Gasteiger partial charge in [-0.2, -0.15) is 0 Å². The van der Waals surface area contributed by atoms with Gasteiger partial charge >= 0.3 is 5.97 Å². The quantitative estimate of drug-likeness (QED) is 0.600. The van der Waals surface area contributed by atoms with Crippen LogP contribution in [0, 0.1) is 0 Å². The molecule has 1 atom stereocenters. The number of carbonyl (C=O) groups excluding carboxylic acids is 3. The van der Waals surface area contributed by atoms with Crippen molar-refractivity contribution in [2.75, 3.05) is 10.2 Å². The molecule has 1 aliphatic heterocycles. The van der Waals surface area contributed by atoms with Gasteiger partial charge in [0.15, 0.2) is 5.78 Å². The van der Waals surface area contributed by atoms with Crippen molar-refractivity contribution in [1.82, 2.24) is 0 Å². The van der Waals surface area contributed by atoms with E-state index in [4.69, 9.17) is 5.11 Å². The Labute approximate surface area is 155 Å². The summed E-state index contributed by atoms with van der Waals surface area (Å²) >= 11 is 0. The molecule has 2 aromatic carbocycles. The highest BCUT2D eigenvalue weighted by molar-refractivity contribution is 6.23. The minimum Gasteiger partial charge on any atom is -0.481 e. The molecule has 3 rings (SSSR count). The van der Waals surface area contributed by atoms with E-state index in [0.29, 0.717) is 22.5 Å². The summed E-state index contributed by atoms with van der Waals surface area (Å²) < 4.78 is 0. The molecule has 0 radical (unpaired) electrons. The van der Waals surface area contributed by atoms with Crippen molar-refractivity contribution in [3.8, 4) is 0 Å². The van der Waals surface area contributed by atoms with Crippen molar-refractivity contribution < 1.29 is 24.3 Å². The van der Waals surface area contributed by atoms with Crippen LogP contribution in [-0.4, -0.2) is 34.7 Å². The molecule has 7 heteroatoms. The lowest BCUT2D eigenvalue weighted by atomic mass is 10.1. The third kappa shape index (κ3) is 4.03. The summed E-state index contributed by atoms with van der Waals surface area (Å²) in [6.45, 7) is 1.45. The predicted molar refractivity (Wildman–Crippen MR) is 98.7 cm³/mol. The Kier molecular flexibility index (Phi) is 5.03. The Morgan fingerprint density at radius 3 is 2.26 bits per heavy atom. The van der Waals surface area contributed by atoms with Crippen LogP contribution >= 0.6 is 0 Å². The van der Waals surface area contributed by atoms with Crippen LogP contribution < -0.4 is 10.2 Å². The summed E-state index contributed by atoms with van der Waals surface area (Å²) in [4.78, 5) is 48.1. The molecule has 1 fully saturated rings. The number of anilines is 2. The van der Waals surface area contributed by atoms with E-state index < -0.39 is 12.0 Å². The second-order valence-electron chi connectivity index (χ2n) is 6.34.